The van der Waals surface area contributed by atoms with E-state index in [1.807, 2.05) is 0 Å². The fraction of sp³-hybridized carbons (Fsp3) is 1.00. The summed E-state index contributed by atoms with van der Waals surface area (Å²) in [5.74, 6) is 0.852. The molecular formula is C14H28N2O2. The van der Waals surface area contributed by atoms with Crippen molar-refractivity contribution in [2.45, 2.75) is 31.8 Å². The van der Waals surface area contributed by atoms with Crippen LogP contribution in [0.3, 0.4) is 0 Å². The van der Waals surface area contributed by atoms with E-state index in [2.05, 4.69) is 10.2 Å². The number of piperidine rings is 1. The minimum atomic E-state index is 0.479. The van der Waals surface area contributed by atoms with Crippen LogP contribution >= 0.6 is 0 Å². The lowest BCUT2D eigenvalue weighted by Crippen LogP contribution is -2.39. The number of ether oxygens (including phenoxy) is 2. The van der Waals surface area contributed by atoms with Crippen LogP contribution in [-0.4, -0.2) is 64.1 Å². The van der Waals surface area contributed by atoms with Crippen LogP contribution in [0.2, 0.25) is 0 Å². The molecule has 4 nitrogen and oxygen atoms in total. The molecule has 1 N–H and O–H groups in total. The Morgan fingerprint density at radius 3 is 2.72 bits per heavy atom. The Morgan fingerprint density at radius 1 is 1.22 bits per heavy atom. The normalized spacial score (nSPS) is 26.8. The molecule has 2 rings (SSSR count). The van der Waals surface area contributed by atoms with Gasteiger partial charge in [0.25, 0.3) is 0 Å². The van der Waals surface area contributed by atoms with E-state index in [1.54, 1.807) is 7.11 Å². The zero-order chi connectivity index (χ0) is 12.6. The van der Waals surface area contributed by atoms with Gasteiger partial charge in [0.2, 0.25) is 0 Å². The van der Waals surface area contributed by atoms with Crippen LogP contribution in [0.1, 0.15) is 25.7 Å². The predicted molar refractivity (Wildman–Crippen MR) is 72.9 cm³/mol. The van der Waals surface area contributed by atoms with Gasteiger partial charge in [-0.25, -0.2) is 0 Å². The molecule has 2 aliphatic rings. The van der Waals surface area contributed by atoms with Crippen LogP contribution in [0.5, 0.6) is 0 Å². The number of nitrogens with zero attached hydrogens (tertiary/aromatic N) is 1. The minimum absolute atomic E-state index is 0.479. The summed E-state index contributed by atoms with van der Waals surface area (Å²) in [7, 11) is 1.78. The molecule has 1 atom stereocenters. The molecule has 0 aromatic carbocycles. The molecule has 0 bridgehead atoms. The highest BCUT2D eigenvalue weighted by Crippen LogP contribution is 2.16. The monoisotopic (exact) mass is 256 g/mol. The molecule has 2 fully saturated rings. The molecule has 18 heavy (non-hydrogen) atoms. The van der Waals surface area contributed by atoms with E-state index in [-0.39, 0.29) is 0 Å². The number of hydrogen-bond donors (Lipinski definition) is 1. The molecule has 106 valence electrons. The molecule has 0 aliphatic carbocycles. The van der Waals surface area contributed by atoms with Crippen molar-refractivity contribution in [1.82, 2.24) is 10.2 Å². The van der Waals surface area contributed by atoms with Crippen molar-refractivity contribution in [2.75, 3.05) is 53.0 Å². The molecular weight excluding hydrogens is 228 g/mol. The highest BCUT2D eigenvalue weighted by Gasteiger charge is 2.20. The molecule has 4 heteroatoms. The summed E-state index contributed by atoms with van der Waals surface area (Å²) in [6, 6.07) is 0. The van der Waals surface area contributed by atoms with Gasteiger partial charge in [-0.2, -0.15) is 0 Å². The topological polar surface area (TPSA) is 33.7 Å². The number of likely N-dealkylation sites (tertiary alicyclic amines) is 1. The van der Waals surface area contributed by atoms with E-state index in [0.717, 1.165) is 38.8 Å². The predicted octanol–water partition coefficient (Wildman–Crippen LogP) is 1.11. The number of hydrogen-bond acceptors (Lipinski definition) is 4. The van der Waals surface area contributed by atoms with Gasteiger partial charge < -0.3 is 19.7 Å². The van der Waals surface area contributed by atoms with Gasteiger partial charge in [-0.3, -0.25) is 0 Å². The standard InChI is InChI=1S/C14H28N2O2/c1-17-10-8-16-6-4-13(5-7-16)11-15-12-14-3-2-9-18-14/h13-15H,2-12H2,1H3/t14-/m1/s1. The van der Waals surface area contributed by atoms with E-state index in [9.17, 15) is 0 Å². The summed E-state index contributed by atoms with van der Waals surface area (Å²) in [4.78, 5) is 2.51. The van der Waals surface area contributed by atoms with Crippen molar-refractivity contribution in [3.05, 3.63) is 0 Å². The summed E-state index contributed by atoms with van der Waals surface area (Å²) in [5, 5.41) is 3.59. The molecule has 2 heterocycles. The van der Waals surface area contributed by atoms with Crippen LogP contribution < -0.4 is 5.32 Å². The van der Waals surface area contributed by atoms with Crippen LogP contribution in [0, 0.1) is 5.92 Å². The van der Waals surface area contributed by atoms with Crippen molar-refractivity contribution >= 4 is 0 Å². The lowest BCUT2D eigenvalue weighted by molar-refractivity contribution is 0.103. The molecule has 0 radical (unpaired) electrons. The largest absolute Gasteiger partial charge is 0.383 e. The summed E-state index contributed by atoms with van der Waals surface area (Å²) in [6.07, 6.45) is 5.60. The van der Waals surface area contributed by atoms with Crippen LogP contribution in [-0.2, 0) is 9.47 Å². The third kappa shape index (κ3) is 4.84. The molecule has 0 aromatic heterocycles. The Hall–Kier alpha value is -0.160. The summed E-state index contributed by atoms with van der Waals surface area (Å²) in [6.45, 7) is 7.59. The maximum absolute atomic E-state index is 5.62. The lowest BCUT2D eigenvalue weighted by Gasteiger charge is -2.32. The maximum atomic E-state index is 5.62. The second-order valence-electron chi connectivity index (χ2n) is 5.57. The van der Waals surface area contributed by atoms with Crippen LogP contribution in [0.25, 0.3) is 0 Å². The zero-order valence-electron chi connectivity index (χ0n) is 11.7. The highest BCUT2D eigenvalue weighted by molar-refractivity contribution is 4.75. The van der Waals surface area contributed by atoms with E-state index < -0.39 is 0 Å². The van der Waals surface area contributed by atoms with Gasteiger partial charge in [0.15, 0.2) is 0 Å². The van der Waals surface area contributed by atoms with Crippen molar-refractivity contribution in [1.29, 1.82) is 0 Å². The van der Waals surface area contributed by atoms with Crippen molar-refractivity contribution < 1.29 is 9.47 Å². The smallest absolute Gasteiger partial charge is 0.0700 e. The second-order valence-corrected chi connectivity index (χ2v) is 5.57. The molecule has 0 aromatic rings. The molecule has 0 amide bonds. The third-order valence-corrected chi connectivity index (χ3v) is 4.15. The number of nitrogens with one attached hydrogen (secondary N) is 1. The van der Waals surface area contributed by atoms with Gasteiger partial charge in [-0.05, 0) is 51.2 Å². The van der Waals surface area contributed by atoms with Gasteiger partial charge in [0.1, 0.15) is 0 Å². The fourth-order valence-corrected chi connectivity index (χ4v) is 2.89. The van der Waals surface area contributed by atoms with Crippen LogP contribution in [0.4, 0.5) is 0 Å². The average Bonchev–Trinajstić information content (AvgIpc) is 2.91. The second kappa shape index (κ2) is 8.10. The quantitative estimate of drug-likeness (QED) is 0.740. The Bertz CT molecular complexity index is 212. The third-order valence-electron chi connectivity index (χ3n) is 4.15. The van der Waals surface area contributed by atoms with Gasteiger partial charge in [0, 0.05) is 26.8 Å². The molecule has 0 saturated carbocycles. The van der Waals surface area contributed by atoms with Crippen molar-refractivity contribution in [2.24, 2.45) is 5.92 Å². The lowest BCUT2D eigenvalue weighted by atomic mass is 9.97. The van der Waals surface area contributed by atoms with Gasteiger partial charge >= 0.3 is 0 Å². The first kappa shape index (κ1) is 14.3. The zero-order valence-corrected chi connectivity index (χ0v) is 11.7. The Labute approximate surface area is 111 Å². The summed E-state index contributed by atoms with van der Waals surface area (Å²) in [5.41, 5.74) is 0. The van der Waals surface area contributed by atoms with Gasteiger partial charge in [-0.15, -0.1) is 0 Å². The average molecular weight is 256 g/mol. The molecule has 0 unspecified atom stereocenters. The maximum Gasteiger partial charge on any atom is 0.0700 e. The Morgan fingerprint density at radius 2 is 2.06 bits per heavy atom. The first-order chi connectivity index (χ1) is 8.88. The first-order valence-corrected chi connectivity index (χ1v) is 7.42. The van der Waals surface area contributed by atoms with Gasteiger partial charge in [-0.1, -0.05) is 0 Å². The molecule has 2 aliphatic heterocycles. The summed E-state index contributed by atoms with van der Waals surface area (Å²) < 4.78 is 10.7. The number of methoxy groups -OCH3 is 1. The number of rotatable bonds is 7. The highest BCUT2D eigenvalue weighted by atomic mass is 16.5. The van der Waals surface area contributed by atoms with Crippen molar-refractivity contribution in [3.63, 3.8) is 0 Å². The summed E-state index contributed by atoms with van der Waals surface area (Å²) >= 11 is 0. The van der Waals surface area contributed by atoms with E-state index in [0.29, 0.717) is 6.10 Å². The molecule has 2 saturated heterocycles. The Balaban J connectivity index is 1.50. The first-order valence-electron chi connectivity index (χ1n) is 7.42. The fourth-order valence-electron chi connectivity index (χ4n) is 2.89. The Kier molecular flexibility index (Phi) is 6.41. The van der Waals surface area contributed by atoms with Crippen LogP contribution in [0.15, 0.2) is 0 Å². The van der Waals surface area contributed by atoms with E-state index in [1.165, 1.54) is 38.8 Å². The van der Waals surface area contributed by atoms with E-state index >= 15 is 0 Å². The van der Waals surface area contributed by atoms with Crippen molar-refractivity contribution in [3.8, 4) is 0 Å². The van der Waals surface area contributed by atoms with Gasteiger partial charge in [0.05, 0.1) is 12.7 Å². The molecule has 0 spiro atoms. The van der Waals surface area contributed by atoms with E-state index in [4.69, 9.17) is 9.47 Å². The SMILES string of the molecule is COCCN1CCC(CNC[C@H]2CCCO2)CC1. The minimum Gasteiger partial charge on any atom is -0.383 e.